The minimum Gasteiger partial charge on any atom is -0.465 e. The first kappa shape index (κ1) is 15.9. The average Bonchev–Trinajstić information content (AvgIpc) is 3.39. The normalized spacial score (nSPS) is 12.5. The molecular weight excluding hydrogens is 334 g/mol. The van der Waals surface area contributed by atoms with E-state index < -0.39 is 11.9 Å². The van der Waals surface area contributed by atoms with Crippen LogP contribution >= 0.6 is 0 Å². The van der Waals surface area contributed by atoms with Crippen molar-refractivity contribution in [3.8, 4) is 5.82 Å². The van der Waals surface area contributed by atoms with Gasteiger partial charge in [0.15, 0.2) is 11.4 Å². The number of ether oxygens (including phenoxy) is 2. The van der Waals surface area contributed by atoms with Gasteiger partial charge in [-0.25, -0.2) is 14.3 Å². The molecule has 0 aromatic heterocycles. The van der Waals surface area contributed by atoms with E-state index in [1.165, 1.54) is 7.11 Å². The largest absolute Gasteiger partial charge is 0.465 e. The van der Waals surface area contributed by atoms with Crippen molar-refractivity contribution in [1.29, 1.82) is 0 Å². The summed E-state index contributed by atoms with van der Waals surface area (Å²) in [6.07, 6.45) is 0. The Hall–Kier alpha value is -3.61. The van der Waals surface area contributed by atoms with Crippen LogP contribution in [0.25, 0.3) is 22.4 Å². The van der Waals surface area contributed by atoms with Crippen LogP contribution in [0.5, 0.6) is 0 Å². The van der Waals surface area contributed by atoms with E-state index in [0.717, 1.165) is 22.3 Å². The van der Waals surface area contributed by atoms with E-state index in [2.05, 4.69) is 5.10 Å². The lowest BCUT2D eigenvalue weighted by atomic mass is 10.0. The Morgan fingerprint density at radius 2 is 1.88 bits per heavy atom. The van der Waals surface area contributed by atoms with Crippen molar-refractivity contribution in [2.45, 2.75) is 6.61 Å². The van der Waals surface area contributed by atoms with Crippen molar-refractivity contribution in [1.82, 2.24) is 9.78 Å². The summed E-state index contributed by atoms with van der Waals surface area (Å²) in [5, 5.41) is 5.08. The molecule has 2 aliphatic heterocycles. The smallest absolute Gasteiger partial charge is 0.348 e. The number of hydrogen-bond acceptors (Lipinski definition) is 6. The number of fused-ring (bicyclic) bond motifs is 4. The molecule has 130 valence electrons. The molecule has 2 aromatic carbocycles. The quantitative estimate of drug-likeness (QED) is 0.256. The Morgan fingerprint density at radius 1 is 1.12 bits per heavy atom. The minimum absolute atomic E-state index is 0.0115. The minimum atomic E-state index is -0.839. The number of rotatable bonds is 5. The summed E-state index contributed by atoms with van der Waals surface area (Å²) in [5.41, 5.74) is 8.12. The van der Waals surface area contributed by atoms with Gasteiger partial charge in [-0.1, -0.05) is 36.4 Å². The zero-order valence-electron chi connectivity index (χ0n) is 13.9. The van der Waals surface area contributed by atoms with Crippen LogP contribution in [0.3, 0.4) is 0 Å². The molecule has 0 aliphatic carbocycles. The van der Waals surface area contributed by atoms with Crippen LogP contribution in [0.15, 0.2) is 54.1 Å². The molecule has 7 nitrogen and oxygen atoms in total. The van der Waals surface area contributed by atoms with Crippen LogP contribution in [-0.4, -0.2) is 28.8 Å². The van der Waals surface area contributed by atoms with Crippen molar-refractivity contribution in [2.75, 3.05) is 7.11 Å². The Labute approximate surface area is 148 Å². The molecule has 0 spiro atoms. The maximum absolute atomic E-state index is 12.5. The van der Waals surface area contributed by atoms with E-state index in [4.69, 9.17) is 15.2 Å². The molecule has 2 heterocycles. The predicted molar refractivity (Wildman–Crippen MR) is 94.0 cm³/mol. The maximum Gasteiger partial charge on any atom is 0.348 e. The van der Waals surface area contributed by atoms with Crippen LogP contribution in [0.1, 0.15) is 11.1 Å². The summed E-state index contributed by atoms with van der Waals surface area (Å²) in [7, 11) is 1.19. The summed E-state index contributed by atoms with van der Waals surface area (Å²) in [6.45, 7) is 0.0312. The van der Waals surface area contributed by atoms with E-state index in [1.54, 1.807) is 16.8 Å². The number of carbonyl (C=O) groups is 2. The number of nitrogens with two attached hydrogens (primary N) is 1. The Kier molecular flexibility index (Phi) is 3.69. The highest BCUT2D eigenvalue weighted by molar-refractivity contribution is 6.20. The second kappa shape index (κ2) is 6.03. The molecule has 0 bridgehead atoms. The molecule has 2 aliphatic rings. The fourth-order valence-corrected chi connectivity index (χ4v) is 2.77. The van der Waals surface area contributed by atoms with Crippen molar-refractivity contribution in [3.05, 3.63) is 65.2 Å². The van der Waals surface area contributed by atoms with Gasteiger partial charge in [0.05, 0.1) is 18.3 Å². The molecular formula is C19H15N3O4. The third-order valence-corrected chi connectivity index (χ3v) is 4.21. The molecule has 0 amide bonds. The van der Waals surface area contributed by atoms with Crippen molar-refractivity contribution >= 4 is 28.5 Å². The molecule has 0 saturated heterocycles. The highest BCUT2D eigenvalue weighted by atomic mass is 16.5. The van der Waals surface area contributed by atoms with Crippen molar-refractivity contribution < 1.29 is 19.1 Å². The molecule has 26 heavy (non-hydrogen) atoms. The standard InChI is InChI=1S/C19H15N3O4/c1-25-18(23)15(19(24)26-10-11-5-3-2-4-6-11)16(20)12-7-8-14-13(9-12)17-21-22(14)17/h2-9H,10,20H2,1H3. The molecule has 0 atom stereocenters. The zero-order chi connectivity index (χ0) is 18.3. The SMILES string of the molecule is COC(=O)C(C(=O)OCc1ccccc1)=C(N)c1ccc2c(c1)c1nn2-1. The molecule has 0 radical (unpaired) electrons. The predicted octanol–water partition coefficient (Wildman–Crippen LogP) is 1.93. The summed E-state index contributed by atoms with van der Waals surface area (Å²) in [6, 6.07) is 14.5. The third kappa shape index (κ3) is 2.59. The number of hydrogen-bond donors (Lipinski definition) is 1. The summed E-state index contributed by atoms with van der Waals surface area (Å²) in [4.78, 5) is 24.6. The summed E-state index contributed by atoms with van der Waals surface area (Å²) >= 11 is 0. The number of methoxy groups -OCH3 is 1. The first-order valence-electron chi connectivity index (χ1n) is 7.93. The molecule has 4 rings (SSSR count). The highest BCUT2D eigenvalue weighted by Gasteiger charge is 2.29. The third-order valence-electron chi connectivity index (χ3n) is 4.21. The Bertz CT molecular complexity index is 1070. The number of carbonyl (C=O) groups excluding carboxylic acids is 2. The lowest BCUT2D eigenvalue weighted by molar-refractivity contribution is -0.146. The molecule has 0 unspecified atom stereocenters. The van der Waals surface area contributed by atoms with E-state index in [1.807, 2.05) is 36.4 Å². The van der Waals surface area contributed by atoms with Crippen LogP contribution in [0.4, 0.5) is 0 Å². The van der Waals surface area contributed by atoms with Gasteiger partial charge in [-0.15, -0.1) is 5.10 Å². The lowest BCUT2D eigenvalue weighted by Gasteiger charge is -2.12. The Balaban J connectivity index is 1.63. The first-order valence-corrected chi connectivity index (χ1v) is 7.93. The maximum atomic E-state index is 12.5. The van der Waals surface area contributed by atoms with Gasteiger partial charge < -0.3 is 15.2 Å². The fourth-order valence-electron chi connectivity index (χ4n) is 2.77. The zero-order valence-corrected chi connectivity index (χ0v) is 13.9. The number of aromatic nitrogens is 2. The highest BCUT2D eigenvalue weighted by Crippen LogP contribution is 2.36. The van der Waals surface area contributed by atoms with Gasteiger partial charge in [-0.3, -0.25) is 0 Å². The van der Waals surface area contributed by atoms with Crippen LogP contribution in [-0.2, 0) is 25.7 Å². The number of benzene rings is 2. The second-order valence-corrected chi connectivity index (χ2v) is 5.81. The van der Waals surface area contributed by atoms with Crippen LogP contribution in [0, 0.1) is 0 Å². The Morgan fingerprint density at radius 3 is 2.62 bits per heavy atom. The van der Waals surface area contributed by atoms with Gasteiger partial charge in [-0.2, -0.15) is 0 Å². The van der Waals surface area contributed by atoms with E-state index in [9.17, 15) is 9.59 Å². The van der Waals surface area contributed by atoms with Gasteiger partial charge in [0.25, 0.3) is 0 Å². The van der Waals surface area contributed by atoms with E-state index in [-0.39, 0.29) is 17.9 Å². The van der Waals surface area contributed by atoms with Gasteiger partial charge in [-0.05, 0) is 23.3 Å². The average molecular weight is 349 g/mol. The lowest BCUT2D eigenvalue weighted by Crippen LogP contribution is -2.21. The second-order valence-electron chi connectivity index (χ2n) is 5.81. The van der Waals surface area contributed by atoms with Crippen molar-refractivity contribution in [2.24, 2.45) is 5.73 Å². The van der Waals surface area contributed by atoms with E-state index >= 15 is 0 Å². The first-order chi connectivity index (χ1) is 12.6. The number of esters is 2. The summed E-state index contributed by atoms with van der Waals surface area (Å²) < 4.78 is 11.8. The molecule has 0 saturated carbocycles. The van der Waals surface area contributed by atoms with E-state index in [0.29, 0.717) is 5.56 Å². The number of nitrogens with zero attached hydrogens (tertiary/aromatic N) is 2. The molecule has 7 heteroatoms. The van der Waals surface area contributed by atoms with Gasteiger partial charge >= 0.3 is 11.9 Å². The fraction of sp³-hybridized carbons (Fsp3) is 0.105. The monoisotopic (exact) mass is 349 g/mol. The van der Waals surface area contributed by atoms with Crippen molar-refractivity contribution in [3.63, 3.8) is 0 Å². The van der Waals surface area contributed by atoms with Crippen LogP contribution < -0.4 is 5.73 Å². The summed E-state index contributed by atoms with van der Waals surface area (Å²) in [5.74, 6) is -0.791. The van der Waals surface area contributed by atoms with Gasteiger partial charge in [0, 0.05) is 5.39 Å². The molecule has 0 fully saturated rings. The molecule has 2 N–H and O–H groups in total. The van der Waals surface area contributed by atoms with Gasteiger partial charge in [0.1, 0.15) is 6.61 Å². The van der Waals surface area contributed by atoms with Gasteiger partial charge in [0.2, 0.25) is 0 Å². The van der Waals surface area contributed by atoms with Crippen LogP contribution in [0.2, 0.25) is 0 Å². The topological polar surface area (TPSA) is 96.4 Å². The molecule has 2 aromatic rings.